The van der Waals surface area contributed by atoms with Crippen LogP contribution in [-0.2, 0) is 29.1 Å². The lowest BCUT2D eigenvalue weighted by atomic mass is 9.95. The first-order valence-corrected chi connectivity index (χ1v) is 12.7. The molecule has 1 fully saturated rings. The summed E-state index contributed by atoms with van der Waals surface area (Å²) in [5, 5.41) is 0.514. The fourth-order valence-corrected chi connectivity index (χ4v) is 5.89. The van der Waals surface area contributed by atoms with E-state index in [4.69, 9.17) is 21.1 Å². The van der Waals surface area contributed by atoms with Gasteiger partial charge in [0.05, 0.1) is 31.2 Å². The Kier molecular flexibility index (Phi) is 8.17. The monoisotopic (exact) mass is 505 g/mol. The summed E-state index contributed by atoms with van der Waals surface area (Å²) < 4.78 is 38.4. The maximum absolute atomic E-state index is 13.7. The van der Waals surface area contributed by atoms with Crippen LogP contribution >= 0.6 is 11.6 Å². The van der Waals surface area contributed by atoms with Crippen LogP contribution in [-0.4, -0.2) is 44.9 Å². The van der Waals surface area contributed by atoms with Crippen molar-refractivity contribution in [1.82, 2.24) is 4.31 Å². The van der Waals surface area contributed by atoms with E-state index in [1.807, 2.05) is 13.8 Å². The van der Waals surface area contributed by atoms with Gasteiger partial charge in [0, 0.05) is 5.02 Å². The number of aryl methyl sites for hydroxylation is 1. The number of ether oxygens (including phenoxy) is 2. The van der Waals surface area contributed by atoms with Crippen LogP contribution in [0.5, 0.6) is 0 Å². The highest BCUT2D eigenvalue weighted by molar-refractivity contribution is 7.89. The summed E-state index contributed by atoms with van der Waals surface area (Å²) in [5.74, 6) is -1.71. The molecule has 0 saturated carbocycles. The van der Waals surface area contributed by atoms with Crippen LogP contribution in [0.3, 0.4) is 0 Å². The minimum Gasteiger partial charge on any atom is -0.465 e. The molecule has 1 unspecified atom stereocenters. The van der Waals surface area contributed by atoms with Gasteiger partial charge in [0.1, 0.15) is 5.57 Å². The number of hydrogen-bond donors (Lipinski definition) is 0. The van der Waals surface area contributed by atoms with Crippen LogP contribution in [0.25, 0.3) is 0 Å². The van der Waals surface area contributed by atoms with Crippen molar-refractivity contribution >= 4 is 33.6 Å². The Morgan fingerprint density at radius 3 is 2.03 bits per heavy atom. The number of rotatable bonds is 9. The summed E-state index contributed by atoms with van der Waals surface area (Å²) in [5.41, 5.74) is 1.76. The van der Waals surface area contributed by atoms with E-state index in [0.717, 1.165) is 12.0 Å². The highest BCUT2D eigenvalue weighted by atomic mass is 35.5. The van der Waals surface area contributed by atoms with Gasteiger partial charge in [0.25, 0.3) is 0 Å². The lowest BCUT2D eigenvalue weighted by molar-refractivity contribution is -0.144. The Morgan fingerprint density at radius 1 is 0.971 bits per heavy atom. The Morgan fingerprint density at radius 2 is 1.53 bits per heavy atom. The number of benzene rings is 2. The van der Waals surface area contributed by atoms with Crippen molar-refractivity contribution in [3.8, 4) is 0 Å². The number of nitrogens with zero attached hydrogens (tertiary/aromatic N) is 1. The molecule has 9 heteroatoms. The molecule has 0 aliphatic carbocycles. The van der Waals surface area contributed by atoms with Crippen LogP contribution in [0.1, 0.15) is 43.4 Å². The molecule has 7 nitrogen and oxygen atoms in total. The molecule has 0 aromatic heterocycles. The third-order valence-electron chi connectivity index (χ3n) is 5.82. The Bertz CT molecular complexity index is 1170. The molecule has 0 spiro atoms. The van der Waals surface area contributed by atoms with Crippen LogP contribution in [0, 0.1) is 6.92 Å². The predicted molar refractivity (Wildman–Crippen MR) is 129 cm³/mol. The Hall–Kier alpha value is -2.68. The minimum atomic E-state index is -3.95. The molecule has 1 aliphatic heterocycles. The smallest absolute Gasteiger partial charge is 0.345 e. The van der Waals surface area contributed by atoms with Gasteiger partial charge in [-0.3, -0.25) is 0 Å². The second kappa shape index (κ2) is 10.7. The summed E-state index contributed by atoms with van der Waals surface area (Å²) in [4.78, 5) is 25.4. The third-order valence-corrected chi connectivity index (χ3v) is 7.95. The van der Waals surface area contributed by atoms with Gasteiger partial charge in [-0.1, -0.05) is 54.8 Å². The summed E-state index contributed by atoms with van der Waals surface area (Å²) in [6.45, 7) is 3.84. The van der Waals surface area contributed by atoms with Crippen molar-refractivity contribution in [1.29, 1.82) is 0 Å². The van der Waals surface area contributed by atoms with Gasteiger partial charge in [-0.25, -0.2) is 18.0 Å². The highest BCUT2D eigenvalue weighted by Crippen LogP contribution is 2.53. The lowest BCUT2D eigenvalue weighted by Gasteiger charge is -2.13. The van der Waals surface area contributed by atoms with E-state index < -0.39 is 34.0 Å². The Balaban J connectivity index is 2.20. The van der Waals surface area contributed by atoms with Gasteiger partial charge in [-0.05, 0) is 55.2 Å². The zero-order valence-electron chi connectivity index (χ0n) is 19.6. The van der Waals surface area contributed by atoms with E-state index in [9.17, 15) is 18.0 Å². The van der Waals surface area contributed by atoms with Crippen molar-refractivity contribution in [3.05, 3.63) is 75.8 Å². The van der Waals surface area contributed by atoms with E-state index in [1.54, 1.807) is 48.5 Å². The molecule has 34 heavy (non-hydrogen) atoms. The van der Waals surface area contributed by atoms with Gasteiger partial charge in [-0.2, -0.15) is 4.31 Å². The predicted octanol–water partition coefficient (Wildman–Crippen LogP) is 4.60. The summed E-state index contributed by atoms with van der Waals surface area (Å²) >= 11 is 6.05. The third kappa shape index (κ3) is 5.19. The number of halogens is 1. The Labute approximate surface area is 205 Å². The largest absolute Gasteiger partial charge is 0.465 e. The normalized spacial score (nSPS) is 19.3. The van der Waals surface area contributed by atoms with Crippen LogP contribution < -0.4 is 0 Å². The summed E-state index contributed by atoms with van der Waals surface area (Å²) in [6.07, 6.45) is 1.77. The molecule has 182 valence electrons. The van der Waals surface area contributed by atoms with Crippen molar-refractivity contribution in [2.75, 3.05) is 14.2 Å². The number of esters is 2. The topological polar surface area (TPSA) is 89.8 Å². The molecule has 0 N–H and O–H groups in total. The SMILES string of the molecule is CCCCC(=C(C(=O)OC)C(=O)OC)[C@@H]1[C@H](c2ccc(Cl)cc2)N1S(=O)(=O)c1ccc(C)cc1. The molecule has 1 heterocycles. The van der Waals surface area contributed by atoms with E-state index >= 15 is 0 Å². The molecule has 0 bridgehead atoms. The molecule has 3 atom stereocenters. The quantitative estimate of drug-likeness (QED) is 0.163. The standard InChI is InChI=1S/C25H28ClNO6S/c1-5-6-7-20(21(24(28)32-3)25(29)33-4)23-22(17-10-12-18(26)13-11-17)27(23)34(30,31)19-14-8-16(2)9-15-19/h8-15,22-23H,5-7H2,1-4H3/t22-,23+,27?/m0/s1. The average molecular weight is 506 g/mol. The lowest BCUT2D eigenvalue weighted by Crippen LogP contribution is -2.23. The van der Waals surface area contributed by atoms with Crippen molar-refractivity contribution in [2.24, 2.45) is 0 Å². The van der Waals surface area contributed by atoms with Gasteiger partial charge < -0.3 is 9.47 Å². The van der Waals surface area contributed by atoms with Gasteiger partial charge in [0.15, 0.2) is 0 Å². The molecule has 2 aromatic rings. The molecule has 3 rings (SSSR count). The number of carbonyl (C=O) groups is 2. The van der Waals surface area contributed by atoms with Crippen molar-refractivity contribution in [2.45, 2.75) is 50.1 Å². The first-order valence-electron chi connectivity index (χ1n) is 10.9. The van der Waals surface area contributed by atoms with Gasteiger partial charge >= 0.3 is 11.9 Å². The van der Waals surface area contributed by atoms with Gasteiger partial charge in [0.2, 0.25) is 10.0 Å². The maximum Gasteiger partial charge on any atom is 0.345 e. The molecule has 0 radical (unpaired) electrons. The van der Waals surface area contributed by atoms with E-state index in [-0.39, 0.29) is 10.5 Å². The van der Waals surface area contributed by atoms with Crippen LogP contribution in [0.4, 0.5) is 0 Å². The second-order valence-electron chi connectivity index (χ2n) is 8.08. The molecular formula is C25H28ClNO6S. The maximum atomic E-state index is 13.7. The van der Waals surface area contributed by atoms with Crippen molar-refractivity contribution in [3.63, 3.8) is 0 Å². The van der Waals surface area contributed by atoms with E-state index in [1.165, 1.54) is 18.5 Å². The number of methoxy groups -OCH3 is 2. The summed E-state index contributed by atoms with van der Waals surface area (Å²) in [7, 11) is -1.60. The molecule has 0 amide bonds. The fourth-order valence-electron chi connectivity index (χ4n) is 4.01. The zero-order chi connectivity index (χ0) is 25.0. The summed E-state index contributed by atoms with van der Waals surface area (Å²) in [6, 6.07) is 12.1. The number of sulfonamides is 1. The first-order chi connectivity index (χ1) is 16.2. The molecular weight excluding hydrogens is 478 g/mol. The minimum absolute atomic E-state index is 0.132. The molecule has 1 saturated heterocycles. The van der Waals surface area contributed by atoms with E-state index in [2.05, 4.69) is 0 Å². The number of carbonyl (C=O) groups excluding carboxylic acids is 2. The fraction of sp³-hybridized carbons (Fsp3) is 0.360. The first kappa shape index (κ1) is 25.9. The highest BCUT2D eigenvalue weighted by Gasteiger charge is 2.59. The number of hydrogen-bond acceptors (Lipinski definition) is 6. The average Bonchev–Trinajstić information content (AvgIpc) is 3.58. The second-order valence-corrected chi connectivity index (χ2v) is 10.4. The number of unbranched alkanes of at least 4 members (excludes halogenated alkanes) is 1. The van der Waals surface area contributed by atoms with Crippen LogP contribution in [0.15, 0.2) is 64.6 Å². The molecule has 2 aromatic carbocycles. The van der Waals surface area contributed by atoms with Crippen LogP contribution in [0.2, 0.25) is 5.02 Å². The van der Waals surface area contributed by atoms with E-state index in [0.29, 0.717) is 29.0 Å². The van der Waals surface area contributed by atoms with Crippen molar-refractivity contribution < 1.29 is 27.5 Å². The van der Waals surface area contributed by atoms with Gasteiger partial charge in [-0.15, -0.1) is 0 Å². The molecule has 1 aliphatic rings. The zero-order valence-corrected chi connectivity index (χ0v) is 21.2.